The molecular weight excluding hydrogens is 228 g/mol. The van der Waals surface area contributed by atoms with Gasteiger partial charge in [0.05, 0.1) is 0 Å². The van der Waals surface area contributed by atoms with Gasteiger partial charge in [0.25, 0.3) is 0 Å². The van der Waals surface area contributed by atoms with Gasteiger partial charge in [0.2, 0.25) is 0 Å². The Balaban J connectivity index is 1.84. The second-order valence-electron chi connectivity index (χ2n) is 6.19. The van der Waals surface area contributed by atoms with Crippen molar-refractivity contribution in [1.82, 2.24) is 9.80 Å². The number of piperidine rings is 3. The summed E-state index contributed by atoms with van der Waals surface area (Å²) in [6.45, 7) is 6.56. The Kier molecular flexibility index (Phi) is 3.10. The van der Waals surface area contributed by atoms with Crippen molar-refractivity contribution in [1.29, 1.82) is 0 Å². The number of rotatable bonds is 3. The number of nitrogens with zero attached hydrogens (tertiary/aromatic N) is 2. The average Bonchev–Trinajstić information content (AvgIpc) is 2.85. The van der Waals surface area contributed by atoms with Crippen molar-refractivity contribution in [2.45, 2.75) is 50.6 Å². The van der Waals surface area contributed by atoms with Gasteiger partial charge in [-0.2, -0.15) is 0 Å². The molecule has 2 bridgehead atoms. The fourth-order valence-electron chi connectivity index (χ4n) is 4.43. The summed E-state index contributed by atoms with van der Waals surface area (Å²) in [6, 6.07) is 0.492. The molecule has 0 aromatic carbocycles. The first kappa shape index (κ1) is 12.4. The van der Waals surface area contributed by atoms with E-state index in [4.69, 9.17) is 0 Å². The summed E-state index contributed by atoms with van der Waals surface area (Å²) >= 11 is 0. The van der Waals surface area contributed by atoms with Crippen LogP contribution in [0.4, 0.5) is 0 Å². The van der Waals surface area contributed by atoms with E-state index < -0.39 is 11.5 Å². The molecule has 4 saturated heterocycles. The molecule has 0 spiro atoms. The zero-order valence-electron chi connectivity index (χ0n) is 11.3. The Bertz CT molecular complexity index is 339. The maximum Gasteiger partial charge on any atom is 0.324 e. The van der Waals surface area contributed by atoms with Gasteiger partial charge in [-0.15, -0.1) is 0 Å². The Labute approximate surface area is 109 Å². The first-order valence-corrected chi connectivity index (χ1v) is 7.40. The van der Waals surface area contributed by atoms with Gasteiger partial charge in [0.1, 0.15) is 5.54 Å². The number of fused-ring (bicyclic) bond motifs is 3. The number of aliphatic carboxylic acids is 1. The van der Waals surface area contributed by atoms with Crippen LogP contribution in [0, 0.1) is 5.92 Å². The molecule has 4 rings (SSSR count). The van der Waals surface area contributed by atoms with Crippen LogP contribution in [0.3, 0.4) is 0 Å². The second-order valence-corrected chi connectivity index (χ2v) is 6.19. The normalized spacial score (nSPS) is 44.4. The van der Waals surface area contributed by atoms with Crippen LogP contribution in [0.2, 0.25) is 0 Å². The van der Waals surface area contributed by atoms with E-state index in [-0.39, 0.29) is 0 Å². The smallest absolute Gasteiger partial charge is 0.324 e. The summed E-state index contributed by atoms with van der Waals surface area (Å²) in [7, 11) is 0. The number of carbonyl (C=O) groups is 1. The van der Waals surface area contributed by atoms with Gasteiger partial charge in [-0.25, -0.2) is 0 Å². The lowest BCUT2D eigenvalue weighted by Crippen LogP contribution is -2.63. The van der Waals surface area contributed by atoms with Crippen molar-refractivity contribution in [3.63, 3.8) is 0 Å². The highest BCUT2D eigenvalue weighted by atomic mass is 16.4. The molecule has 18 heavy (non-hydrogen) atoms. The lowest BCUT2D eigenvalue weighted by molar-refractivity contribution is -0.154. The minimum atomic E-state index is -0.598. The first-order valence-electron chi connectivity index (χ1n) is 7.40. The van der Waals surface area contributed by atoms with E-state index in [1.165, 1.54) is 25.9 Å². The topological polar surface area (TPSA) is 43.8 Å². The molecule has 4 heterocycles. The Hall–Kier alpha value is -0.610. The van der Waals surface area contributed by atoms with Crippen molar-refractivity contribution >= 4 is 5.97 Å². The van der Waals surface area contributed by atoms with E-state index in [1.807, 2.05) is 6.92 Å². The molecule has 2 unspecified atom stereocenters. The summed E-state index contributed by atoms with van der Waals surface area (Å²) in [5, 5.41) is 9.68. The van der Waals surface area contributed by atoms with Crippen molar-refractivity contribution in [3.05, 3.63) is 0 Å². The minimum Gasteiger partial charge on any atom is -0.480 e. The minimum absolute atomic E-state index is 0.492. The van der Waals surface area contributed by atoms with Gasteiger partial charge < -0.3 is 10.0 Å². The van der Waals surface area contributed by atoms with Crippen molar-refractivity contribution in [2.75, 3.05) is 26.2 Å². The zero-order valence-corrected chi connectivity index (χ0v) is 11.3. The van der Waals surface area contributed by atoms with Crippen LogP contribution in [0.25, 0.3) is 0 Å². The van der Waals surface area contributed by atoms with E-state index in [1.54, 1.807) is 0 Å². The van der Waals surface area contributed by atoms with Gasteiger partial charge in [0.15, 0.2) is 0 Å². The number of carboxylic acid groups (broad SMARTS) is 1. The van der Waals surface area contributed by atoms with Gasteiger partial charge in [-0.1, -0.05) is 6.92 Å². The average molecular weight is 252 g/mol. The number of hydrogen-bond donors (Lipinski definition) is 1. The molecule has 4 fully saturated rings. The van der Waals surface area contributed by atoms with E-state index in [9.17, 15) is 9.90 Å². The molecule has 0 saturated carbocycles. The van der Waals surface area contributed by atoms with E-state index >= 15 is 0 Å². The summed E-state index contributed by atoms with van der Waals surface area (Å²) in [4.78, 5) is 16.6. The molecule has 0 aromatic heterocycles. The van der Waals surface area contributed by atoms with Crippen LogP contribution in [-0.2, 0) is 4.79 Å². The summed E-state index contributed by atoms with van der Waals surface area (Å²) < 4.78 is 0. The molecule has 102 valence electrons. The standard InChI is InChI=1S/C14H24N2O2/c1-2-14(13(17)18)6-3-7-16(14)12-10-15-8-4-11(12)5-9-15/h11-12H,2-10H2,1H3,(H,17,18). The number of hydrogen-bond acceptors (Lipinski definition) is 3. The molecule has 4 nitrogen and oxygen atoms in total. The number of carboxylic acids is 1. The van der Waals surface area contributed by atoms with Crippen molar-refractivity contribution < 1.29 is 9.90 Å². The Morgan fingerprint density at radius 1 is 1.33 bits per heavy atom. The molecule has 0 radical (unpaired) electrons. The van der Waals surface area contributed by atoms with Crippen LogP contribution in [-0.4, -0.2) is 58.6 Å². The largest absolute Gasteiger partial charge is 0.480 e. The van der Waals surface area contributed by atoms with Crippen LogP contribution in [0.1, 0.15) is 39.0 Å². The second kappa shape index (κ2) is 4.49. The molecule has 4 heteroatoms. The number of likely N-dealkylation sites (tertiary alicyclic amines) is 1. The predicted molar refractivity (Wildman–Crippen MR) is 69.5 cm³/mol. The van der Waals surface area contributed by atoms with Gasteiger partial charge in [-0.05, 0) is 57.7 Å². The zero-order chi connectivity index (χ0) is 12.8. The molecule has 2 atom stereocenters. The van der Waals surface area contributed by atoms with E-state index in [2.05, 4.69) is 9.80 Å². The Morgan fingerprint density at radius 2 is 2.06 bits per heavy atom. The lowest BCUT2D eigenvalue weighted by atomic mass is 9.80. The summed E-state index contributed by atoms with van der Waals surface area (Å²) in [5.74, 6) is 0.136. The summed E-state index contributed by atoms with van der Waals surface area (Å²) in [6.07, 6.45) is 5.15. The Morgan fingerprint density at radius 3 is 2.56 bits per heavy atom. The highest BCUT2D eigenvalue weighted by Gasteiger charge is 2.51. The van der Waals surface area contributed by atoms with Gasteiger partial charge >= 0.3 is 5.97 Å². The summed E-state index contributed by atoms with van der Waals surface area (Å²) in [5.41, 5.74) is -0.566. The molecule has 0 amide bonds. The van der Waals surface area contributed by atoms with Crippen LogP contribution < -0.4 is 0 Å². The molecule has 4 aliphatic heterocycles. The van der Waals surface area contributed by atoms with Crippen LogP contribution >= 0.6 is 0 Å². The molecule has 4 aliphatic rings. The third-order valence-corrected chi connectivity index (χ3v) is 5.54. The monoisotopic (exact) mass is 252 g/mol. The predicted octanol–water partition coefficient (Wildman–Crippen LogP) is 1.41. The van der Waals surface area contributed by atoms with E-state index in [0.29, 0.717) is 6.04 Å². The quantitative estimate of drug-likeness (QED) is 0.825. The first-order chi connectivity index (χ1) is 8.67. The van der Waals surface area contributed by atoms with Gasteiger partial charge in [0, 0.05) is 12.6 Å². The molecular formula is C14H24N2O2. The van der Waals surface area contributed by atoms with Gasteiger partial charge in [-0.3, -0.25) is 9.69 Å². The molecule has 0 aromatic rings. The third-order valence-electron chi connectivity index (χ3n) is 5.54. The molecule has 1 N–H and O–H groups in total. The van der Waals surface area contributed by atoms with Crippen molar-refractivity contribution in [3.8, 4) is 0 Å². The SMILES string of the molecule is CCC1(C(=O)O)CCCN1C1CN2CCC1CC2. The fourth-order valence-corrected chi connectivity index (χ4v) is 4.43. The highest BCUT2D eigenvalue weighted by molar-refractivity contribution is 5.79. The highest BCUT2D eigenvalue weighted by Crippen LogP contribution is 2.40. The van der Waals surface area contributed by atoms with Crippen LogP contribution in [0.15, 0.2) is 0 Å². The third kappa shape index (κ3) is 1.69. The van der Waals surface area contributed by atoms with Crippen molar-refractivity contribution in [2.24, 2.45) is 5.92 Å². The van der Waals surface area contributed by atoms with Crippen LogP contribution in [0.5, 0.6) is 0 Å². The van der Waals surface area contributed by atoms with E-state index in [0.717, 1.165) is 38.3 Å². The maximum atomic E-state index is 11.8. The molecule has 0 aliphatic carbocycles. The maximum absolute atomic E-state index is 11.8. The fraction of sp³-hybridized carbons (Fsp3) is 0.929. The lowest BCUT2D eigenvalue weighted by Gasteiger charge is -2.51.